The summed E-state index contributed by atoms with van der Waals surface area (Å²) in [5.74, 6) is -1.71. The normalized spacial score (nSPS) is 12.2. The molecule has 132 valence electrons. The second-order valence-corrected chi connectivity index (χ2v) is 6.66. The minimum atomic E-state index is -3.67. The van der Waals surface area contributed by atoms with Crippen LogP contribution in [0.3, 0.4) is 0 Å². The summed E-state index contributed by atoms with van der Waals surface area (Å²) >= 11 is 0. The molecule has 0 fully saturated rings. The van der Waals surface area contributed by atoms with Gasteiger partial charge in [-0.15, -0.1) is 0 Å². The topological polar surface area (TPSA) is 145 Å². The van der Waals surface area contributed by atoms with Gasteiger partial charge in [-0.1, -0.05) is 6.92 Å². The molecule has 0 bridgehead atoms. The molecule has 1 aromatic rings. The molecule has 4 N–H and O–H groups in total. The smallest absolute Gasteiger partial charge is 0.338 e. The van der Waals surface area contributed by atoms with Crippen LogP contribution < -0.4 is 15.8 Å². The highest BCUT2D eigenvalue weighted by atomic mass is 32.2. The van der Waals surface area contributed by atoms with Gasteiger partial charge in [0.2, 0.25) is 10.0 Å². The van der Waals surface area contributed by atoms with Crippen molar-refractivity contribution >= 4 is 27.9 Å². The Balaban J connectivity index is 2.71. The number of urea groups is 1. The van der Waals surface area contributed by atoms with Crippen molar-refractivity contribution in [3.63, 3.8) is 0 Å². The fourth-order valence-electron chi connectivity index (χ4n) is 1.57. The first-order valence-electron chi connectivity index (χ1n) is 7.04. The summed E-state index contributed by atoms with van der Waals surface area (Å²) in [5.41, 5.74) is 4.80. The minimum Gasteiger partial charge on any atom is -0.452 e. The number of nitrogens with two attached hydrogens (primary N) is 1. The molecule has 0 saturated carbocycles. The highest BCUT2D eigenvalue weighted by molar-refractivity contribution is 7.89. The van der Waals surface area contributed by atoms with E-state index in [4.69, 9.17) is 5.73 Å². The van der Waals surface area contributed by atoms with E-state index >= 15 is 0 Å². The lowest BCUT2D eigenvalue weighted by Crippen LogP contribution is -2.37. The number of hydrogen-bond donors (Lipinski definition) is 3. The number of ether oxygens (including phenoxy) is 1. The Morgan fingerprint density at radius 3 is 2.29 bits per heavy atom. The molecule has 9 nitrogen and oxygen atoms in total. The van der Waals surface area contributed by atoms with E-state index in [1.807, 2.05) is 6.92 Å². The Hall–Kier alpha value is -2.46. The highest BCUT2D eigenvalue weighted by Gasteiger charge is 2.18. The highest BCUT2D eigenvalue weighted by Crippen LogP contribution is 2.12. The predicted octanol–water partition coefficient (Wildman–Crippen LogP) is 0.115. The summed E-state index contributed by atoms with van der Waals surface area (Å²) < 4.78 is 31.3. The molecule has 0 aromatic heterocycles. The number of hydrogen-bond acceptors (Lipinski definition) is 6. The molecule has 0 saturated heterocycles. The van der Waals surface area contributed by atoms with Crippen LogP contribution in [-0.4, -0.2) is 39.0 Å². The van der Waals surface area contributed by atoms with E-state index < -0.39 is 34.5 Å². The van der Waals surface area contributed by atoms with Gasteiger partial charge in [0.15, 0.2) is 6.61 Å². The maximum Gasteiger partial charge on any atom is 0.338 e. The summed E-state index contributed by atoms with van der Waals surface area (Å²) in [6, 6.07) is 3.76. The Bertz CT molecular complexity index is 715. The molecule has 0 aliphatic heterocycles. The first-order valence-corrected chi connectivity index (χ1v) is 8.52. The van der Waals surface area contributed by atoms with Crippen LogP contribution in [0, 0.1) is 0 Å². The van der Waals surface area contributed by atoms with Crippen molar-refractivity contribution in [1.82, 2.24) is 10.0 Å². The number of imide groups is 1. The zero-order valence-corrected chi connectivity index (χ0v) is 14.1. The van der Waals surface area contributed by atoms with Crippen LogP contribution in [0.4, 0.5) is 4.79 Å². The Morgan fingerprint density at radius 1 is 1.21 bits per heavy atom. The second kappa shape index (κ2) is 8.41. The molecule has 1 rings (SSSR count). The lowest BCUT2D eigenvalue weighted by atomic mass is 10.2. The van der Waals surface area contributed by atoms with Gasteiger partial charge in [0.25, 0.3) is 5.91 Å². The van der Waals surface area contributed by atoms with Gasteiger partial charge < -0.3 is 10.5 Å². The van der Waals surface area contributed by atoms with Gasteiger partial charge in [-0.05, 0) is 37.6 Å². The lowest BCUT2D eigenvalue weighted by Gasteiger charge is -2.12. The number of carbonyl (C=O) groups excluding carboxylic acids is 3. The molecule has 0 aliphatic rings. The van der Waals surface area contributed by atoms with Crippen LogP contribution in [-0.2, 0) is 19.6 Å². The van der Waals surface area contributed by atoms with Crippen molar-refractivity contribution in [3.8, 4) is 0 Å². The van der Waals surface area contributed by atoms with E-state index in [-0.39, 0.29) is 16.5 Å². The third-order valence-electron chi connectivity index (χ3n) is 2.97. The van der Waals surface area contributed by atoms with Gasteiger partial charge >= 0.3 is 12.0 Å². The molecule has 1 atom stereocenters. The van der Waals surface area contributed by atoms with Gasteiger partial charge in [-0.2, -0.15) is 0 Å². The van der Waals surface area contributed by atoms with Crippen molar-refractivity contribution in [3.05, 3.63) is 29.8 Å². The largest absolute Gasteiger partial charge is 0.452 e. The van der Waals surface area contributed by atoms with Crippen molar-refractivity contribution in [2.24, 2.45) is 5.73 Å². The Kier molecular flexibility index (Phi) is 6.86. The van der Waals surface area contributed by atoms with Crippen LogP contribution in [0.2, 0.25) is 0 Å². The molecule has 0 radical (unpaired) electrons. The summed E-state index contributed by atoms with van der Waals surface area (Å²) in [7, 11) is -3.67. The van der Waals surface area contributed by atoms with E-state index in [0.717, 1.165) is 0 Å². The van der Waals surface area contributed by atoms with Gasteiger partial charge in [-0.3, -0.25) is 10.1 Å². The summed E-state index contributed by atoms with van der Waals surface area (Å²) in [5, 5.41) is 1.74. The third kappa shape index (κ3) is 5.97. The van der Waals surface area contributed by atoms with Crippen LogP contribution in [0.1, 0.15) is 30.6 Å². The molecule has 10 heteroatoms. The molecule has 1 unspecified atom stereocenters. The van der Waals surface area contributed by atoms with Gasteiger partial charge in [0.1, 0.15) is 0 Å². The maximum absolute atomic E-state index is 12.1. The fourth-order valence-corrected chi connectivity index (χ4v) is 2.90. The molecule has 3 amide bonds. The van der Waals surface area contributed by atoms with Gasteiger partial charge in [0, 0.05) is 6.04 Å². The standard InChI is InChI=1S/C14H19N3O6S/c1-3-9(2)17-24(21,22)11-6-4-10(5-7-11)13(19)23-8-12(18)16-14(15)20/h4-7,9,17H,3,8H2,1-2H3,(H3,15,16,18,20). The number of sulfonamides is 1. The number of benzene rings is 1. The number of rotatable bonds is 7. The Morgan fingerprint density at radius 2 is 1.79 bits per heavy atom. The molecule has 1 aromatic carbocycles. The quantitative estimate of drug-likeness (QED) is 0.591. The zero-order valence-electron chi connectivity index (χ0n) is 13.2. The molecule has 0 aliphatic carbocycles. The SMILES string of the molecule is CCC(C)NS(=O)(=O)c1ccc(C(=O)OCC(=O)NC(N)=O)cc1. The van der Waals surface area contributed by atoms with Crippen LogP contribution >= 0.6 is 0 Å². The summed E-state index contributed by atoms with van der Waals surface area (Å²) in [6.45, 7) is 2.90. The van der Waals surface area contributed by atoms with Crippen molar-refractivity contribution in [2.75, 3.05) is 6.61 Å². The van der Waals surface area contributed by atoms with Crippen molar-refractivity contribution < 1.29 is 27.5 Å². The van der Waals surface area contributed by atoms with E-state index in [1.165, 1.54) is 24.3 Å². The molecular weight excluding hydrogens is 338 g/mol. The number of amides is 3. The zero-order chi connectivity index (χ0) is 18.3. The number of primary amides is 1. The van der Waals surface area contributed by atoms with Crippen LogP contribution in [0.5, 0.6) is 0 Å². The number of nitrogens with one attached hydrogen (secondary N) is 2. The second-order valence-electron chi connectivity index (χ2n) is 4.94. The van der Waals surface area contributed by atoms with E-state index in [9.17, 15) is 22.8 Å². The molecule has 24 heavy (non-hydrogen) atoms. The average Bonchev–Trinajstić information content (AvgIpc) is 2.51. The maximum atomic E-state index is 12.1. The van der Waals surface area contributed by atoms with Gasteiger partial charge in [-0.25, -0.2) is 22.7 Å². The van der Waals surface area contributed by atoms with Crippen LogP contribution in [0.15, 0.2) is 29.2 Å². The van der Waals surface area contributed by atoms with Crippen molar-refractivity contribution in [2.45, 2.75) is 31.2 Å². The average molecular weight is 357 g/mol. The number of carbonyl (C=O) groups is 3. The molecule has 0 heterocycles. The minimum absolute atomic E-state index is 0.00539. The van der Waals surface area contributed by atoms with Crippen LogP contribution in [0.25, 0.3) is 0 Å². The van der Waals surface area contributed by atoms with E-state index in [0.29, 0.717) is 6.42 Å². The van der Waals surface area contributed by atoms with E-state index in [2.05, 4.69) is 9.46 Å². The number of esters is 1. The Labute approximate surface area is 139 Å². The molecule has 0 spiro atoms. The predicted molar refractivity (Wildman–Crippen MR) is 84.5 cm³/mol. The van der Waals surface area contributed by atoms with Crippen molar-refractivity contribution in [1.29, 1.82) is 0 Å². The monoisotopic (exact) mass is 357 g/mol. The third-order valence-corrected chi connectivity index (χ3v) is 4.57. The first kappa shape index (κ1) is 19.6. The fraction of sp³-hybridized carbons (Fsp3) is 0.357. The lowest BCUT2D eigenvalue weighted by molar-refractivity contribution is -0.123. The molecular formula is C14H19N3O6S. The van der Waals surface area contributed by atoms with Gasteiger partial charge in [0.05, 0.1) is 10.5 Å². The first-order chi connectivity index (χ1) is 11.2. The summed E-state index contributed by atoms with van der Waals surface area (Å²) in [4.78, 5) is 33.3. The van der Waals surface area contributed by atoms with E-state index in [1.54, 1.807) is 12.2 Å². The summed E-state index contributed by atoms with van der Waals surface area (Å²) in [6.07, 6.45) is 0.636.